The van der Waals surface area contributed by atoms with Gasteiger partial charge < -0.3 is 0 Å². The summed E-state index contributed by atoms with van der Waals surface area (Å²) >= 11 is 3.07. The molecule has 2 aromatic heterocycles. The Morgan fingerprint density at radius 3 is 2.88 bits per heavy atom. The fraction of sp³-hybridized carbons (Fsp3) is 0.222. The van der Waals surface area contributed by atoms with Crippen molar-refractivity contribution in [2.45, 2.75) is 6.54 Å². The van der Waals surface area contributed by atoms with E-state index in [1.54, 1.807) is 17.9 Å². The maximum atomic E-state index is 11.5. The van der Waals surface area contributed by atoms with Gasteiger partial charge in [-0.2, -0.15) is 5.10 Å². The molecule has 2 rings (SSSR count). The summed E-state index contributed by atoms with van der Waals surface area (Å²) in [5, 5.41) is 4.15. The Labute approximate surface area is 98.7 Å². The lowest BCUT2D eigenvalue weighted by Gasteiger charge is -2.02. The normalized spacial score (nSPS) is 10.6. The summed E-state index contributed by atoms with van der Waals surface area (Å²) < 4.78 is 3.36. The minimum Gasteiger partial charge on any atom is -0.293 e. The van der Waals surface area contributed by atoms with Crippen LogP contribution in [-0.2, 0) is 13.6 Å². The van der Waals surface area contributed by atoms with Gasteiger partial charge in [-0.1, -0.05) is 0 Å². The topological polar surface area (TPSA) is 72.7 Å². The zero-order chi connectivity index (χ0) is 11.7. The average Bonchev–Trinajstić information content (AvgIpc) is 2.60. The number of aryl methyl sites for hydroxylation is 1. The number of rotatable bonds is 2. The van der Waals surface area contributed by atoms with Gasteiger partial charge in [0.2, 0.25) is 0 Å². The van der Waals surface area contributed by atoms with Crippen LogP contribution >= 0.6 is 15.9 Å². The highest BCUT2D eigenvalue weighted by Gasteiger charge is 2.04. The number of nitrogens with one attached hydrogen (secondary N) is 1. The predicted octanol–water partition coefficient (Wildman–Crippen LogP) is 0.0809. The van der Waals surface area contributed by atoms with E-state index >= 15 is 0 Å². The molecule has 2 aromatic rings. The second kappa shape index (κ2) is 4.09. The van der Waals surface area contributed by atoms with Gasteiger partial charge in [0.15, 0.2) is 0 Å². The molecule has 16 heavy (non-hydrogen) atoms. The lowest BCUT2D eigenvalue weighted by molar-refractivity contribution is 0.671. The Kier molecular flexibility index (Phi) is 2.78. The molecule has 7 heteroatoms. The molecule has 0 saturated heterocycles. The fourth-order valence-corrected chi connectivity index (χ4v) is 1.67. The van der Waals surface area contributed by atoms with E-state index < -0.39 is 11.2 Å². The monoisotopic (exact) mass is 284 g/mol. The first-order chi connectivity index (χ1) is 7.56. The summed E-state index contributed by atoms with van der Waals surface area (Å²) in [5.74, 6) is 0. The Balaban J connectivity index is 2.39. The van der Waals surface area contributed by atoms with Crippen LogP contribution in [0.25, 0.3) is 0 Å². The zero-order valence-corrected chi connectivity index (χ0v) is 10.1. The standard InChI is InChI=1S/C9H9BrN4O2/c1-13-3-2-6(12-13)4-14-5-7(10)8(15)11-9(14)16/h2-3,5H,4H2,1H3,(H,11,15,16). The van der Waals surface area contributed by atoms with Crippen molar-refractivity contribution in [2.24, 2.45) is 7.05 Å². The molecule has 0 spiro atoms. The fourth-order valence-electron chi connectivity index (χ4n) is 1.32. The molecule has 0 aliphatic rings. The number of H-pyrrole nitrogens is 1. The Morgan fingerprint density at radius 2 is 2.25 bits per heavy atom. The summed E-state index contributed by atoms with van der Waals surface area (Å²) in [7, 11) is 1.80. The van der Waals surface area contributed by atoms with Crippen molar-refractivity contribution in [3.8, 4) is 0 Å². The molecule has 0 aliphatic carbocycles. The maximum absolute atomic E-state index is 11.5. The van der Waals surface area contributed by atoms with Crippen LogP contribution in [0.2, 0.25) is 0 Å². The molecule has 1 N–H and O–H groups in total. The molecule has 0 radical (unpaired) electrons. The first kappa shape index (κ1) is 10.9. The van der Waals surface area contributed by atoms with Crippen LogP contribution in [0, 0.1) is 0 Å². The minimum absolute atomic E-state index is 0.322. The number of nitrogens with zero attached hydrogens (tertiary/aromatic N) is 3. The number of aromatic nitrogens is 4. The number of aromatic amines is 1. The Bertz CT molecular complexity index is 625. The second-order valence-corrected chi connectivity index (χ2v) is 4.20. The van der Waals surface area contributed by atoms with Crippen molar-refractivity contribution in [1.82, 2.24) is 19.3 Å². The molecule has 0 amide bonds. The molecule has 0 aliphatic heterocycles. The molecule has 0 fully saturated rings. The lowest BCUT2D eigenvalue weighted by atomic mass is 10.4. The van der Waals surface area contributed by atoms with E-state index in [1.165, 1.54) is 10.8 Å². The summed E-state index contributed by atoms with van der Waals surface area (Å²) in [6.45, 7) is 0.328. The van der Waals surface area contributed by atoms with Crippen LogP contribution in [0.4, 0.5) is 0 Å². The number of hydrogen-bond acceptors (Lipinski definition) is 3. The molecular formula is C9H9BrN4O2. The van der Waals surface area contributed by atoms with E-state index in [1.807, 2.05) is 6.07 Å². The average molecular weight is 285 g/mol. The van der Waals surface area contributed by atoms with Crippen molar-refractivity contribution in [3.63, 3.8) is 0 Å². The van der Waals surface area contributed by atoms with E-state index in [4.69, 9.17) is 0 Å². The van der Waals surface area contributed by atoms with Crippen molar-refractivity contribution in [1.29, 1.82) is 0 Å². The van der Waals surface area contributed by atoms with Gasteiger partial charge in [-0.15, -0.1) is 0 Å². The Morgan fingerprint density at radius 1 is 1.50 bits per heavy atom. The van der Waals surface area contributed by atoms with Crippen LogP contribution in [0.1, 0.15) is 5.69 Å². The van der Waals surface area contributed by atoms with E-state index in [9.17, 15) is 9.59 Å². The summed E-state index contributed by atoms with van der Waals surface area (Å²) in [6.07, 6.45) is 3.25. The third-order valence-corrected chi connectivity index (χ3v) is 2.63. The Hall–Kier alpha value is -1.63. The predicted molar refractivity (Wildman–Crippen MR) is 61.3 cm³/mol. The third-order valence-electron chi connectivity index (χ3n) is 2.07. The van der Waals surface area contributed by atoms with Crippen LogP contribution in [0.5, 0.6) is 0 Å². The van der Waals surface area contributed by atoms with Crippen molar-refractivity contribution < 1.29 is 0 Å². The van der Waals surface area contributed by atoms with Gasteiger partial charge in [0, 0.05) is 19.4 Å². The smallest absolute Gasteiger partial charge is 0.293 e. The second-order valence-electron chi connectivity index (χ2n) is 3.34. The lowest BCUT2D eigenvalue weighted by Crippen LogP contribution is -2.30. The molecule has 0 saturated carbocycles. The molecule has 0 bridgehead atoms. The summed E-state index contributed by atoms with van der Waals surface area (Å²) in [5.41, 5.74) is -0.121. The minimum atomic E-state index is -0.446. The zero-order valence-electron chi connectivity index (χ0n) is 8.48. The van der Waals surface area contributed by atoms with Gasteiger partial charge >= 0.3 is 5.69 Å². The molecular weight excluding hydrogens is 276 g/mol. The molecule has 0 atom stereocenters. The molecule has 84 valence electrons. The molecule has 0 unspecified atom stereocenters. The van der Waals surface area contributed by atoms with Crippen molar-refractivity contribution in [2.75, 3.05) is 0 Å². The quantitative estimate of drug-likeness (QED) is 0.849. The van der Waals surface area contributed by atoms with Crippen LogP contribution < -0.4 is 11.2 Å². The van der Waals surface area contributed by atoms with Gasteiger partial charge in [-0.3, -0.25) is 19.0 Å². The highest BCUT2D eigenvalue weighted by atomic mass is 79.9. The van der Waals surface area contributed by atoms with E-state index in [0.717, 1.165) is 5.69 Å². The van der Waals surface area contributed by atoms with Gasteiger partial charge in [-0.05, 0) is 22.0 Å². The van der Waals surface area contributed by atoms with Crippen molar-refractivity contribution >= 4 is 15.9 Å². The van der Waals surface area contributed by atoms with Gasteiger partial charge in [-0.25, -0.2) is 4.79 Å². The van der Waals surface area contributed by atoms with E-state index in [2.05, 4.69) is 26.0 Å². The first-order valence-electron chi connectivity index (χ1n) is 4.54. The van der Waals surface area contributed by atoms with Crippen LogP contribution in [0.15, 0.2) is 32.5 Å². The molecule has 0 aromatic carbocycles. The van der Waals surface area contributed by atoms with Gasteiger partial charge in [0.1, 0.15) is 0 Å². The molecule has 6 nitrogen and oxygen atoms in total. The third kappa shape index (κ3) is 2.13. The molecule has 2 heterocycles. The number of halogens is 1. The van der Waals surface area contributed by atoms with E-state index in [-0.39, 0.29) is 0 Å². The summed E-state index contributed by atoms with van der Waals surface area (Å²) in [4.78, 5) is 24.8. The van der Waals surface area contributed by atoms with Gasteiger partial charge in [0.25, 0.3) is 5.56 Å². The maximum Gasteiger partial charge on any atom is 0.328 e. The largest absolute Gasteiger partial charge is 0.328 e. The van der Waals surface area contributed by atoms with Gasteiger partial charge in [0.05, 0.1) is 16.7 Å². The highest BCUT2D eigenvalue weighted by molar-refractivity contribution is 9.10. The van der Waals surface area contributed by atoms with E-state index in [0.29, 0.717) is 11.0 Å². The van der Waals surface area contributed by atoms with Crippen LogP contribution in [0.3, 0.4) is 0 Å². The first-order valence-corrected chi connectivity index (χ1v) is 5.33. The van der Waals surface area contributed by atoms with Crippen LogP contribution in [-0.4, -0.2) is 19.3 Å². The number of hydrogen-bond donors (Lipinski definition) is 1. The SMILES string of the molecule is Cn1ccc(Cn2cc(Br)c(=O)[nH]c2=O)n1. The van der Waals surface area contributed by atoms with Crippen molar-refractivity contribution in [3.05, 3.63) is 49.5 Å². The highest BCUT2D eigenvalue weighted by Crippen LogP contribution is 2.01. The summed E-state index contributed by atoms with van der Waals surface area (Å²) in [6, 6.07) is 1.81.